The molecule has 2 rings (SSSR count). The van der Waals surface area contributed by atoms with Gasteiger partial charge in [0.2, 0.25) is 0 Å². The number of carbonyl (C=O) groups excluding carboxylic acids is 1. The Labute approximate surface area is 136 Å². The van der Waals surface area contributed by atoms with Crippen molar-refractivity contribution in [2.45, 2.75) is 32.9 Å². The van der Waals surface area contributed by atoms with Gasteiger partial charge in [0.25, 0.3) is 5.91 Å². The topological polar surface area (TPSA) is 38.3 Å². The average molecular weight is 318 g/mol. The normalized spacial score (nSPS) is 11.8. The van der Waals surface area contributed by atoms with Crippen molar-refractivity contribution in [3.8, 4) is 5.75 Å². The zero-order chi connectivity index (χ0) is 15.9. The molecule has 0 aliphatic heterocycles. The smallest absolute Gasteiger partial charge is 0.255 e. The van der Waals surface area contributed by atoms with E-state index in [9.17, 15) is 4.79 Å². The highest BCUT2D eigenvalue weighted by atomic mass is 35.5. The predicted octanol–water partition coefficient (Wildman–Crippen LogP) is 4.45. The molecule has 1 N–H and O–H groups in total. The lowest BCUT2D eigenvalue weighted by atomic mass is 10.1. The molecule has 0 spiro atoms. The highest BCUT2D eigenvalue weighted by Crippen LogP contribution is 2.20. The van der Waals surface area contributed by atoms with Crippen LogP contribution < -0.4 is 10.1 Å². The van der Waals surface area contributed by atoms with E-state index < -0.39 is 0 Å². The first-order chi connectivity index (χ1) is 10.6. The molecular formula is C18H20ClNO2. The van der Waals surface area contributed by atoms with Gasteiger partial charge >= 0.3 is 0 Å². The summed E-state index contributed by atoms with van der Waals surface area (Å²) in [5, 5.41) is 3.65. The fourth-order valence-corrected chi connectivity index (χ4v) is 2.05. The Hall–Kier alpha value is -2.00. The number of hydrogen-bond acceptors (Lipinski definition) is 2. The molecule has 4 heteroatoms. The summed E-state index contributed by atoms with van der Waals surface area (Å²) in [4.78, 5) is 12.3. The Morgan fingerprint density at radius 3 is 2.55 bits per heavy atom. The zero-order valence-corrected chi connectivity index (χ0v) is 13.6. The number of hydrogen-bond donors (Lipinski definition) is 1. The highest BCUT2D eigenvalue weighted by Gasteiger charge is 2.13. The van der Waals surface area contributed by atoms with Gasteiger partial charge < -0.3 is 10.1 Å². The number of amides is 1. The number of carbonyl (C=O) groups is 1. The molecule has 116 valence electrons. The molecule has 0 saturated carbocycles. The molecule has 0 saturated heterocycles. The molecule has 0 aliphatic carbocycles. The Morgan fingerprint density at radius 2 is 1.86 bits per heavy atom. The van der Waals surface area contributed by atoms with Crippen LogP contribution >= 0.6 is 11.6 Å². The predicted molar refractivity (Wildman–Crippen MR) is 89.4 cm³/mol. The average Bonchev–Trinajstić information content (AvgIpc) is 2.54. The van der Waals surface area contributed by atoms with E-state index in [1.807, 2.05) is 50.2 Å². The molecular weight excluding hydrogens is 298 g/mol. The van der Waals surface area contributed by atoms with Crippen LogP contribution in [0.3, 0.4) is 0 Å². The maximum absolute atomic E-state index is 12.3. The summed E-state index contributed by atoms with van der Waals surface area (Å²) >= 11 is 5.86. The molecule has 0 bridgehead atoms. The Kier molecular flexibility index (Phi) is 5.84. The summed E-state index contributed by atoms with van der Waals surface area (Å²) in [5.74, 6) is 0.472. The van der Waals surface area contributed by atoms with E-state index in [-0.39, 0.29) is 11.9 Å². The molecule has 0 aliphatic rings. The molecule has 0 aromatic heterocycles. The third-order valence-corrected chi connectivity index (χ3v) is 3.68. The quantitative estimate of drug-likeness (QED) is 0.855. The largest absolute Gasteiger partial charge is 0.488 e. The fourth-order valence-electron chi connectivity index (χ4n) is 1.93. The zero-order valence-electron chi connectivity index (χ0n) is 12.8. The van der Waals surface area contributed by atoms with Crippen LogP contribution in [0.5, 0.6) is 5.75 Å². The van der Waals surface area contributed by atoms with Gasteiger partial charge in [-0.05, 0) is 43.2 Å². The molecule has 1 atom stereocenters. The van der Waals surface area contributed by atoms with Crippen LogP contribution in [0.2, 0.25) is 5.02 Å². The maximum atomic E-state index is 12.3. The molecule has 3 nitrogen and oxygen atoms in total. The Bertz CT molecular complexity index is 625. The van der Waals surface area contributed by atoms with Gasteiger partial charge in [-0.1, -0.05) is 42.8 Å². The van der Waals surface area contributed by atoms with Crippen LogP contribution in [0.15, 0.2) is 48.5 Å². The molecule has 22 heavy (non-hydrogen) atoms. The number of nitrogens with one attached hydrogen (secondary N) is 1. The van der Waals surface area contributed by atoms with Gasteiger partial charge in [-0.25, -0.2) is 0 Å². The Morgan fingerprint density at radius 1 is 1.18 bits per heavy atom. The molecule has 0 radical (unpaired) electrons. The van der Waals surface area contributed by atoms with Gasteiger partial charge in [-0.3, -0.25) is 4.79 Å². The van der Waals surface area contributed by atoms with Gasteiger partial charge in [0.05, 0.1) is 5.56 Å². The van der Waals surface area contributed by atoms with Gasteiger partial charge in [-0.15, -0.1) is 0 Å². The molecule has 0 heterocycles. The molecule has 0 unspecified atom stereocenters. The van der Waals surface area contributed by atoms with Crippen molar-refractivity contribution in [1.29, 1.82) is 0 Å². The SMILES string of the molecule is CC[C@H](C)NC(=O)c1ccccc1OCc1ccc(Cl)cc1. The van der Waals surface area contributed by atoms with Crippen LogP contribution in [-0.2, 0) is 6.61 Å². The van der Waals surface area contributed by atoms with Crippen molar-refractivity contribution < 1.29 is 9.53 Å². The van der Waals surface area contributed by atoms with Crippen molar-refractivity contribution in [1.82, 2.24) is 5.32 Å². The first-order valence-electron chi connectivity index (χ1n) is 7.37. The monoisotopic (exact) mass is 317 g/mol. The second kappa shape index (κ2) is 7.85. The van der Waals surface area contributed by atoms with Crippen LogP contribution in [0.1, 0.15) is 36.2 Å². The van der Waals surface area contributed by atoms with Crippen LogP contribution in [0.4, 0.5) is 0 Å². The summed E-state index contributed by atoms with van der Waals surface area (Å²) in [6, 6.07) is 14.9. The van der Waals surface area contributed by atoms with E-state index >= 15 is 0 Å². The minimum absolute atomic E-state index is 0.110. The number of para-hydroxylation sites is 1. The number of halogens is 1. The highest BCUT2D eigenvalue weighted by molar-refractivity contribution is 6.30. The van der Waals surface area contributed by atoms with E-state index in [1.165, 1.54) is 0 Å². The summed E-state index contributed by atoms with van der Waals surface area (Å²) in [5.41, 5.74) is 1.55. The van der Waals surface area contributed by atoms with E-state index in [0.717, 1.165) is 12.0 Å². The summed E-state index contributed by atoms with van der Waals surface area (Å²) < 4.78 is 5.80. The van der Waals surface area contributed by atoms with E-state index in [4.69, 9.17) is 16.3 Å². The third-order valence-electron chi connectivity index (χ3n) is 3.43. The summed E-state index contributed by atoms with van der Waals surface area (Å²) in [6.07, 6.45) is 0.888. The summed E-state index contributed by atoms with van der Waals surface area (Å²) in [7, 11) is 0. The van der Waals surface area contributed by atoms with Gasteiger partial charge in [0.1, 0.15) is 12.4 Å². The first-order valence-corrected chi connectivity index (χ1v) is 7.75. The fraction of sp³-hybridized carbons (Fsp3) is 0.278. The van der Waals surface area contributed by atoms with Gasteiger partial charge in [0.15, 0.2) is 0 Å². The lowest BCUT2D eigenvalue weighted by molar-refractivity contribution is 0.0934. The molecule has 2 aromatic rings. The molecule has 1 amide bonds. The van der Waals surface area contributed by atoms with Crippen molar-refractivity contribution in [2.24, 2.45) is 0 Å². The molecule has 2 aromatic carbocycles. The number of ether oxygens (including phenoxy) is 1. The maximum Gasteiger partial charge on any atom is 0.255 e. The lowest BCUT2D eigenvalue weighted by Gasteiger charge is -2.14. The van der Waals surface area contributed by atoms with E-state index in [1.54, 1.807) is 12.1 Å². The summed E-state index contributed by atoms with van der Waals surface area (Å²) in [6.45, 7) is 4.41. The standard InChI is InChI=1S/C18H20ClNO2/c1-3-13(2)20-18(21)16-6-4-5-7-17(16)22-12-14-8-10-15(19)11-9-14/h4-11,13H,3,12H2,1-2H3,(H,20,21)/t13-/m0/s1. The second-order valence-electron chi connectivity index (χ2n) is 5.19. The first kappa shape index (κ1) is 16.4. The lowest BCUT2D eigenvalue weighted by Crippen LogP contribution is -2.32. The van der Waals surface area contributed by atoms with Gasteiger partial charge in [-0.2, -0.15) is 0 Å². The van der Waals surface area contributed by atoms with Crippen LogP contribution in [-0.4, -0.2) is 11.9 Å². The minimum atomic E-state index is -0.110. The van der Waals surface area contributed by atoms with Gasteiger partial charge in [0, 0.05) is 11.1 Å². The van der Waals surface area contributed by atoms with Crippen LogP contribution in [0.25, 0.3) is 0 Å². The van der Waals surface area contributed by atoms with Crippen LogP contribution in [0, 0.1) is 0 Å². The third kappa shape index (κ3) is 4.50. The van der Waals surface area contributed by atoms with Crippen molar-refractivity contribution in [3.05, 3.63) is 64.7 Å². The van der Waals surface area contributed by atoms with Crippen molar-refractivity contribution in [3.63, 3.8) is 0 Å². The van der Waals surface area contributed by atoms with E-state index in [0.29, 0.717) is 22.9 Å². The van der Waals surface area contributed by atoms with Crippen molar-refractivity contribution >= 4 is 17.5 Å². The molecule has 0 fully saturated rings. The number of benzene rings is 2. The van der Waals surface area contributed by atoms with Crippen molar-refractivity contribution in [2.75, 3.05) is 0 Å². The second-order valence-corrected chi connectivity index (χ2v) is 5.63. The number of rotatable bonds is 6. The Balaban J connectivity index is 2.07. The van der Waals surface area contributed by atoms with E-state index in [2.05, 4.69) is 5.32 Å². The minimum Gasteiger partial charge on any atom is -0.488 e.